The molecule has 1 rings (SSSR count). The highest BCUT2D eigenvalue weighted by molar-refractivity contribution is 9.10. The maximum atomic E-state index is 11.1. The molecule has 5 heteroatoms. The van der Waals surface area contributed by atoms with Crippen molar-refractivity contribution in [2.75, 3.05) is 0 Å². The van der Waals surface area contributed by atoms with Crippen molar-refractivity contribution in [3.05, 3.63) is 20.9 Å². The average Bonchev–Trinajstić information content (AvgIpc) is 2.32. The molecule has 1 amide bonds. The molecule has 0 fully saturated rings. The molecule has 64 valence electrons. The van der Waals surface area contributed by atoms with Crippen molar-refractivity contribution in [2.45, 2.75) is 6.92 Å². The Bertz CT molecular complexity index is 345. The molecule has 0 aliphatic rings. The lowest BCUT2D eigenvalue weighted by molar-refractivity contribution is 0.0999. The van der Waals surface area contributed by atoms with Crippen LogP contribution in [-0.2, 0) is 0 Å². The highest BCUT2D eigenvalue weighted by Crippen LogP contribution is 2.29. The van der Waals surface area contributed by atoms with Crippen molar-refractivity contribution in [1.82, 2.24) is 4.98 Å². The number of carbonyl (C=O) groups excluding carboxylic acids is 1. The third-order valence-electron chi connectivity index (χ3n) is 1.41. The van der Waals surface area contributed by atoms with E-state index >= 15 is 0 Å². The van der Waals surface area contributed by atoms with Crippen molar-refractivity contribution >= 4 is 40.2 Å². The van der Waals surface area contributed by atoms with Crippen molar-refractivity contribution in [1.29, 1.82) is 0 Å². The number of nitrogens with zero attached hydrogens (tertiary/aromatic N) is 1. The summed E-state index contributed by atoms with van der Waals surface area (Å²) in [5.41, 5.74) is 1.07. The number of halogens is 2. The number of hydrogen-bond donors (Lipinski definition) is 1. The lowest BCUT2D eigenvalue weighted by Gasteiger charge is -1.89. The molecular weight excluding hydrogens is 243 g/mol. The maximum Gasteiger partial charge on any atom is 0.294 e. The van der Waals surface area contributed by atoms with Crippen LogP contribution in [0.15, 0.2) is 9.47 Å². The Balaban J connectivity index is 3.26. The molecule has 0 unspecified atom stereocenters. The van der Waals surface area contributed by atoms with Crippen LogP contribution in [0, 0.1) is 6.92 Å². The zero-order valence-corrected chi connectivity index (χ0v) is 8.66. The fourth-order valence-corrected chi connectivity index (χ4v) is 1.51. The molecule has 1 aromatic heterocycles. The van der Waals surface area contributed by atoms with Gasteiger partial charge in [0.2, 0.25) is 0 Å². The zero-order chi connectivity index (χ0) is 9.30. The van der Waals surface area contributed by atoms with Crippen LogP contribution in [0.5, 0.6) is 0 Å². The number of aryl methyl sites for hydroxylation is 1. The highest BCUT2D eigenvalue weighted by atomic mass is 79.9. The fourth-order valence-electron chi connectivity index (χ4n) is 0.798. The van der Waals surface area contributed by atoms with Crippen molar-refractivity contribution < 1.29 is 4.79 Å². The van der Waals surface area contributed by atoms with Crippen LogP contribution in [0.2, 0.25) is 5.02 Å². The number of nitrogens with one attached hydrogen (secondary N) is 1. The van der Waals surface area contributed by atoms with Gasteiger partial charge in [-0.15, -0.1) is 0 Å². The van der Waals surface area contributed by atoms with Gasteiger partial charge in [0.15, 0.2) is 0 Å². The Labute approximate surface area is 83.0 Å². The second-order valence-corrected chi connectivity index (χ2v) is 3.39. The van der Waals surface area contributed by atoms with Crippen molar-refractivity contribution in [3.63, 3.8) is 0 Å². The van der Waals surface area contributed by atoms with E-state index in [0.717, 1.165) is 5.69 Å². The Morgan fingerprint density at radius 3 is 2.67 bits per heavy atom. The lowest BCUT2D eigenvalue weighted by atomic mass is 10.4. The Hall–Kier alpha value is -0.610. The number of hydrogen-bond acceptors (Lipinski definition) is 1. The number of rotatable bonds is 1. The molecule has 3 nitrogen and oxygen atoms in total. The van der Waals surface area contributed by atoms with Crippen LogP contribution in [0.25, 0.3) is 0 Å². The molecule has 1 N–H and O–H groups in total. The summed E-state index contributed by atoms with van der Waals surface area (Å²) in [7, 11) is 0. The van der Waals surface area contributed by atoms with Gasteiger partial charge in [-0.3, -0.25) is 4.79 Å². The minimum atomic E-state index is -0.420. The molecule has 1 heterocycles. The van der Waals surface area contributed by atoms with E-state index in [1.54, 1.807) is 6.92 Å². The number of H-pyrrole nitrogens is 1. The third-order valence-corrected chi connectivity index (χ3v) is 2.91. The summed E-state index contributed by atoms with van der Waals surface area (Å²) in [6, 6.07) is 0. The first-order valence-corrected chi connectivity index (χ1v) is 4.29. The normalized spacial score (nSPS) is 9.92. The van der Waals surface area contributed by atoms with E-state index in [0.29, 0.717) is 15.2 Å². The van der Waals surface area contributed by atoms with Crippen molar-refractivity contribution in [2.24, 2.45) is 4.99 Å². The zero-order valence-electron chi connectivity index (χ0n) is 6.32. The van der Waals surface area contributed by atoms with Crippen LogP contribution in [0.4, 0.5) is 0 Å². The van der Waals surface area contributed by atoms with E-state index in [9.17, 15) is 4.79 Å². The van der Waals surface area contributed by atoms with Gasteiger partial charge in [0.1, 0.15) is 5.69 Å². The number of aliphatic imine (C=N–C) groups is 1. The van der Waals surface area contributed by atoms with Gasteiger partial charge in [-0.05, 0) is 29.6 Å². The van der Waals surface area contributed by atoms with Gasteiger partial charge in [-0.25, -0.2) is 4.99 Å². The molecule has 0 aromatic carbocycles. The van der Waals surface area contributed by atoms with Crippen LogP contribution in [0.3, 0.4) is 0 Å². The number of carbonyl (C=O) groups is 1. The van der Waals surface area contributed by atoms with E-state index in [4.69, 9.17) is 11.6 Å². The summed E-state index contributed by atoms with van der Waals surface area (Å²) in [5, 5.41) is 0.502. The van der Waals surface area contributed by atoms with Gasteiger partial charge in [-0.2, -0.15) is 0 Å². The van der Waals surface area contributed by atoms with Gasteiger partial charge < -0.3 is 4.98 Å². The van der Waals surface area contributed by atoms with E-state index in [-0.39, 0.29) is 0 Å². The monoisotopic (exact) mass is 248 g/mol. The minimum absolute atomic E-state index is 0.340. The van der Waals surface area contributed by atoms with Crippen LogP contribution in [0.1, 0.15) is 16.2 Å². The van der Waals surface area contributed by atoms with E-state index in [1.165, 1.54) is 0 Å². The predicted octanol–water partition coefficient (Wildman–Crippen LogP) is 2.58. The molecule has 0 spiro atoms. The SMILES string of the molecule is C=NC(=O)c1[nH]c(C)c(Cl)c1Br. The van der Waals surface area contributed by atoms with E-state index < -0.39 is 5.91 Å². The molecule has 0 aliphatic carbocycles. The Morgan fingerprint density at radius 1 is 1.75 bits per heavy atom. The van der Waals surface area contributed by atoms with Gasteiger partial charge in [0.25, 0.3) is 5.91 Å². The van der Waals surface area contributed by atoms with Crippen LogP contribution in [-0.4, -0.2) is 17.6 Å². The third kappa shape index (κ3) is 1.44. The second kappa shape index (κ2) is 3.41. The van der Waals surface area contributed by atoms with E-state index in [1.807, 2.05) is 0 Å². The summed E-state index contributed by atoms with van der Waals surface area (Å²) in [5.74, 6) is -0.420. The van der Waals surface area contributed by atoms with Gasteiger partial charge in [0.05, 0.1) is 9.50 Å². The Kier molecular flexibility index (Phi) is 2.69. The van der Waals surface area contributed by atoms with Gasteiger partial charge in [-0.1, -0.05) is 11.6 Å². The molecule has 1 aromatic rings. The molecular formula is C7H6BrClN2O. The summed E-state index contributed by atoms with van der Waals surface area (Å²) < 4.78 is 0.541. The molecule has 0 saturated heterocycles. The average molecular weight is 249 g/mol. The molecule has 0 bridgehead atoms. The maximum absolute atomic E-state index is 11.1. The first kappa shape index (κ1) is 9.48. The van der Waals surface area contributed by atoms with Crippen LogP contribution >= 0.6 is 27.5 Å². The smallest absolute Gasteiger partial charge is 0.294 e. The minimum Gasteiger partial charge on any atom is -0.352 e. The summed E-state index contributed by atoms with van der Waals surface area (Å²) >= 11 is 8.98. The highest BCUT2D eigenvalue weighted by Gasteiger charge is 2.15. The van der Waals surface area contributed by atoms with Crippen molar-refractivity contribution in [3.8, 4) is 0 Å². The number of aromatic nitrogens is 1. The molecule has 0 radical (unpaired) electrons. The first-order chi connectivity index (χ1) is 5.57. The Morgan fingerprint density at radius 2 is 2.33 bits per heavy atom. The summed E-state index contributed by atoms with van der Waals surface area (Å²) in [6.45, 7) is 4.90. The summed E-state index contributed by atoms with van der Waals surface area (Å²) in [4.78, 5) is 17.1. The quantitative estimate of drug-likeness (QED) is 0.764. The molecule has 0 saturated carbocycles. The standard InChI is InChI=1S/C7H6BrClN2O/c1-3-5(9)4(8)6(11-3)7(12)10-2/h11H,2H2,1H3. The topological polar surface area (TPSA) is 45.2 Å². The first-order valence-electron chi connectivity index (χ1n) is 3.12. The lowest BCUT2D eigenvalue weighted by Crippen LogP contribution is -1.94. The fraction of sp³-hybridized carbons (Fsp3) is 0.143. The molecule has 0 aliphatic heterocycles. The molecule has 12 heavy (non-hydrogen) atoms. The molecule has 0 atom stereocenters. The van der Waals surface area contributed by atoms with E-state index in [2.05, 4.69) is 32.6 Å². The predicted molar refractivity (Wildman–Crippen MR) is 52.1 cm³/mol. The number of aromatic amines is 1. The van der Waals surface area contributed by atoms with Gasteiger partial charge in [0, 0.05) is 5.69 Å². The number of amides is 1. The summed E-state index contributed by atoms with van der Waals surface area (Å²) in [6.07, 6.45) is 0. The second-order valence-electron chi connectivity index (χ2n) is 2.22. The van der Waals surface area contributed by atoms with Gasteiger partial charge >= 0.3 is 0 Å². The largest absolute Gasteiger partial charge is 0.352 e. The van der Waals surface area contributed by atoms with Crippen LogP contribution < -0.4 is 0 Å².